The van der Waals surface area contributed by atoms with Crippen LogP contribution in [0.2, 0.25) is 5.02 Å². The third kappa shape index (κ3) is 3.02. The summed E-state index contributed by atoms with van der Waals surface area (Å²) in [6.45, 7) is 1.99. The molecular formula is C15H17ClN2O2. The van der Waals surface area contributed by atoms with Crippen LogP contribution >= 0.6 is 11.6 Å². The molecule has 1 aromatic heterocycles. The Morgan fingerprint density at radius 3 is 2.85 bits per heavy atom. The van der Waals surface area contributed by atoms with Crippen LogP contribution in [-0.4, -0.2) is 22.7 Å². The van der Waals surface area contributed by atoms with Crippen LogP contribution in [-0.2, 0) is 19.9 Å². The van der Waals surface area contributed by atoms with E-state index in [0.717, 1.165) is 17.7 Å². The van der Waals surface area contributed by atoms with Crippen molar-refractivity contribution in [2.24, 2.45) is 7.05 Å². The fourth-order valence-corrected chi connectivity index (χ4v) is 2.38. The molecule has 0 radical (unpaired) electrons. The van der Waals surface area contributed by atoms with E-state index in [1.54, 1.807) is 36.2 Å². The number of benzene rings is 1. The molecule has 1 aromatic carbocycles. The second-order valence-corrected chi connectivity index (χ2v) is 5.01. The molecule has 0 aliphatic rings. The van der Waals surface area contributed by atoms with Crippen molar-refractivity contribution in [2.45, 2.75) is 19.8 Å². The highest BCUT2D eigenvalue weighted by Crippen LogP contribution is 2.24. The smallest absolute Gasteiger partial charge is 0.170 e. The van der Waals surface area contributed by atoms with Crippen molar-refractivity contribution in [3.8, 4) is 5.75 Å². The molecule has 0 saturated carbocycles. The molecule has 106 valence electrons. The van der Waals surface area contributed by atoms with E-state index in [-0.39, 0.29) is 12.2 Å². The Morgan fingerprint density at radius 2 is 2.20 bits per heavy atom. The monoisotopic (exact) mass is 292 g/mol. The number of halogens is 1. The van der Waals surface area contributed by atoms with Crippen molar-refractivity contribution in [3.63, 3.8) is 0 Å². The SMILES string of the molecule is CCc1nn(C)cc1C(=O)Cc1cc(Cl)ccc1OC. The van der Waals surface area contributed by atoms with Gasteiger partial charge in [-0.1, -0.05) is 18.5 Å². The van der Waals surface area contributed by atoms with Crippen LogP contribution in [0.3, 0.4) is 0 Å². The molecule has 0 unspecified atom stereocenters. The zero-order chi connectivity index (χ0) is 14.7. The number of rotatable bonds is 5. The van der Waals surface area contributed by atoms with Crippen LogP contribution < -0.4 is 4.74 Å². The van der Waals surface area contributed by atoms with Crippen molar-refractivity contribution in [1.82, 2.24) is 9.78 Å². The van der Waals surface area contributed by atoms with Gasteiger partial charge in [0.05, 0.1) is 18.4 Å². The van der Waals surface area contributed by atoms with Crippen LogP contribution in [0.15, 0.2) is 24.4 Å². The van der Waals surface area contributed by atoms with E-state index in [9.17, 15) is 4.79 Å². The number of hydrogen-bond donors (Lipinski definition) is 0. The molecule has 0 N–H and O–H groups in total. The average Bonchev–Trinajstić information content (AvgIpc) is 2.80. The molecule has 2 rings (SSSR count). The van der Waals surface area contributed by atoms with E-state index in [2.05, 4.69) is 5.10 Å². The minimum absolute atomic E-state index is 0.0236. The Kier molecular flexibility index (Phi) is 4.45. The maximum Gasteiger partial charge on any atom is 0.170 e. The summed E-state index contributed by atoms with van der Waals surface area (Å²) in [4.78, 5) is 12.4. The fourth-order valence-electron chi connectivity index (χ4n) is 2.18. The van der Waals surface area contributed by atoms with Crippen LogP contribution in [0.4, 0.5) is 0 Å². The molecular weight excluding hydrogens is 276 g/mol. The number of nitrogens with zero attached hydrogens (tertiary/aromatic N) is 2. The molecule has 20 heavy (non-hydrogen) atoms. The Balaban J connectivity index is 2.29. The molecule has 0 aliphatic heterocycles. The highest BCUT2D eigenvalue weighted by molar-refractivity contribution is 6.30. The molecule has 0 saturated heterocycles. The van der Waals surface area contributed by atoms with E-state index < -0.39 is 0 Å². The predicted molar refractivity (Wildman–Crippen MR) is 78.6 cm³/mol. The number of aryl methyl sites for hydroxylation is 2. The molecule has 0 atom stereocenters. The van der Waals surface area contributed by atoms with Crippen molar-refractivity contribution >= 4 is 17.4 Å². The summed E-state index contributed by atoms with van der Waals surface area (Å²) in [6.07, 6.45) is 2.75. The first-order valence-electron chi connectivity index (χ1n) is 6.43. The molecule has 0 amide bonds. The van der Waals surface area contributed by atoms with E-state index in [1.807, 2.05) is 14.0 Å². The summed E-state index contributed by atoms with van der Waals surface area (Å²) < 4.78 is 6.94. The summed E-state index contributed by atoms with van der Waals surface area (Å²) in [5.74, 6) is 0.695. The van der Waals surface area contributed by atoms with E-state index >= 15 is 0 Å². The Labute approximate surface area is 123 Å². The molecule has 0 aliphatic carbocycles. The van der Waals surface area contributed by atoms with Gasteiger partial charge in [-0.25, -0.2) is 0 Å². The van der Waals surface area contributed by atoms with E-state index in [4.69, 9.17) is 16.3 Å². The van der Waals surface area contributed by atoms with Gasteiger partial charge in [0, 0.05) is 30.3 Å². The Hall–Kier alpha value is -1.81. The normalized spacial score (nSPS) is 10.6. The summed E-state index contributed by atoms with van der Waals surface area (Å²) >= 11 is 5.98. The zero-order valence-electron chi connectivity index (χ0n) is 11.8. The lowest BCUT2D eigenvalue weighted by Gasteiger charge is -2.08. The highest BCUT2D eigenvalue weighted by atomic mass is 35.5. The lowest BCUT2D eigenvalue weighted by Crippen LogP contribution is -2.06. The molecule has 0 fully saturated rings. The summed E-state index contributed by atoms with van der Waals surface area (Å²) in [5.41, 5.74) is 2.27. The van der Waals surface area contributed by atoms with Crippen LogP contribution in [0.5, 0.6) is 5.75 Å². The highest BCUT2D eigenvalue weighted by Gasteiger charge is 2.17. The number of ketones is 1. The third-order valence-electron chi connectivity index (χ3n) is 3.13. The number of hydrogen-bond acceptors (Lipinski definition) is 3. The van der Waals surface area contributed by atoms with Crippen LogP contribution in [0.1, 0.15) is 28.5 Å². The average molecular weight is 293 g/mol. The minimum Gasteiger partial charge on any atom is -0.496 e. The largest absolute Gasteiger partial charge is 0.496 e. The van der Waals surface area contributed by atoms with Crippen LogP contribution in [0, 0.1) is 0 Å². The van der Waals surface area contributed by atoms with Gasteiger partial charge in [-0.2, -0.15) is 5.10 Å². The molecule has 2 aromatic rings. The van der Waals surface area contributed by atoms with Gasteiger partial charge >= 0.3 is 0 Å². The number of methoxy groups -OCH3 is 1. The fraction of sp³-hybridized carbons (Fsp3) is 0.333. The van der Waals surface area contributed by atoms with Crippen molar-refractivity contribution in [2.75, 3.05) is 7.11 Å². The molecule has 4 nitrogen and oxygen atoms in total. The van der Waals surface area contributed by atoms with Gasteiger partial charge in [0.1, 0.15) is 5.75 Å². The van der Waals surface area contributed by atoms with Gasteiger partial charge in [-0.3, -0.25) is 9.48 Å². The van der Waals surface area contributed by atoms with Gasteiger partial charge in [-0.15, -0.1) is 0 Å². The van der Waals surface area contributed by atoms with Gasteiger partial charge in [-0.05, 0) is 24.6 Å². The zero-order valence-corrected chi connectivity index (χ0v) is 12.6. The second-order valence-electron chi connectivity index (χ2n) is 4.57. The number of carbonyl (C=O) groups is 1. The lowest BCUT2D eigenvalue weighted by atomic mass is 10.0. The maximum atomic E-state index is 12.4. The third-order valence-corrected chi connectivity index (χ3v) is 3.37. The Bertz CT molecular complexity index is 635. The van der Waals surface area contributed by atoms with Crippen molar-refractivity contribution in [1.29, 1.82) is 0 Å². The van der Waals surface area contributed by atoms with Gasteiger partial charge in [0.2, 0.25) is 0 Å². The first kappa shape index (κ1) is 14.6. The number of carbonyl (C=O) groups excluding carboxylic acids is 1. The number of aromatic nitrogens is 2. The first-order valence-corrected chi connectivity index (χ1v) is 6.81. The maximum absolute atomic E-state index is 12.4. The van der Waals surface area contributed by atoms with Gasteiger partial charge < -0.3 is 4.74 Å². The van der Waals surface area contributed by atoms with Gasteiger partial charge in [0.15, 0.2) is 5.78 Å². The Morgan fingerprint density at radius 1 is 1.45 bits per heavy atom. The summed E-state index contributed by atoms with van der Waals surface area (Å²) in [7, 11) is 3.40. The van der Waals surface area contributed by atoms with E-state index in [1.165, 1.54) is 0 Å². The quantitative estimate of drug-likeness (QED) is 0.796. The van der Waals surface area contributed by atoms with Crippen molar-refractivity contribution < 1.29 is 9.53 Å². The standard InChI is InChI=1S/C15H17ClN2O2/c1-4-13-12(9-18(2)17-13)14(19)8-10-7-11(16)5-6-15(10)20-3/h5-7,9H,4,8H2,1-3H3. The second kappa shape index (κ2) is 6.09. The topological polar surface area (TPSA) is 44.1 Å². The minimum atomic E-state index is 0.0236. The van der Waals surface area contributed by atoms with E-state index in [0.29, 0.717) is 16.3 Å². The predicted octanol–water partition coefficient (Wildman–Crippen LogP) is 3.07. The first-order chi connectivity index (χ1) is 9.55. The van der Waals surface area contributed by atoms with Crippen molar-refractivity contribution in [3.05, 3.63) is 46.2 Å². The molecule has 5 heteroatoms. The number of Topliss-reactive ketones (excluding diaryl/α,β-unsaturated/α-hetero) is 1. The van der Waals surface area contributed by atoms with Crippen LogP contribution in [0.25, 0.3) is 0 Å². The summed E-state index contributed by atoms with van der Waals surface area (Å²) in [5, 5.41) is 4.88. The number of ether oxygens (including phenoxy) is 1. The molecule has 1 heterocycles. The molecule has 0 bridgehead atoms. The molecule has 0 spiro atoms. The van der Waals surface area contributed by atoms with Gasteiger partial charge in [0.25, 0.3) is 0 Å². The lowest BCUT2D eigenvalue weighted by molar-refractivity contribution is 0.0991. The summed E-state index contributed by atoms with van der Waals surface area (Å²) in [6, 6.07) is 5.28.